The monoisotopic (exact) mass is 506 g/mol. The third-order valence-electron chi connectivity index (χ3n) is 5.38. The zero-order valence-corrected chi connectivity index (χ0v) is 20.5. The molecule has 4 aromatic rings. The lowest BCUT2D eigenvalue weighted by molar-refractivity contribution is 0.328. The van der Waals surface area contributed by atoms with Gasteiger partial charge in [0.25, 0.3) is 0 Å². The number of phenols is 6. The Kier molecular flexibility index (Phi) is 6.54. The number of phenolic OH excluding ortho intramolecular Hbond substituents is 6. The van der Waals surface area contributed by atoms with Gasteiger partial charge in [0, 0.05) is 0 Å². The molecule has 9 heteroatoms. The Morgan fingerprint density at radius 1 is 0.351 bits per heavy atom. The van der Waals surface area contributed by atoms with E-state index < -0.39 is 0 Å². The van der Waals surface area contributed by atoms with Crippen LogP contribution in [0.5, 0.6) is 69.0 Å². The first-order valence-electron chi connectivity index (χ1n) is 11.2. The zero-order valence-electron chi connectivity index (χ0n) is 20.5. The maximum Gasteiger partial charge on any atom is 0.211 e. The molecule has 0 saturated heterocycles. The molecule has 0 saturated carbocycles. The molecule has 0 aromatic heterocycles. The van der Waals surface area contributed by atoms with Crippen LogP contribution in [0.15, 0.2) is 48.5 Å². The summed E-state index contributed by atoms with van der Waals surface area (Å²) in [6.07, 6.45) is 0. The lowest BCUT2D eigenvalue weighted by atomic mass is 10.1. The quantitative estimate of drug-likeness (QED) is 0.172. The number of benzene rings is 4. The lowest BCUT2D eigenvalue weighted by Gasteiger charge is -2.19. The first-order chi connectivity index (χ1) is 17.4. The van der Waals surface area contributed by atoms with E-state index in [2.05, 4.69) is 0 Å². The van der Waals surface area contributed by atoms with Gasteiger partial charge in [0.1, 0.15) is 0 Å². The van der Waals surface area contributed by atoms with Crippen LogP contribution in [0.4, 0.5) is 0 Å². The van der Waals surface area contributed by atoms with Gasteiger partial charge in [-0.2, -0.15) is 0 Å². The Hall–Kier alpha value is -4.92. The third kappa shape index (κ3) is 5.20. The van der Waals surface area contributed by atoms with Crippen molar-refractivity contribution in [1.29, 1.82) is 0 Å². The number of hydrogen-bond acceptors (Lipinski definition) is 9. The van der Waals surface area contributed by atoms with Crippen molar-refractivity contribution in [2.45, 2.75) is 27.7 Å². The predicted octanol–water partition coefficient (Wildman–Crippen LogP) is 6.53. The van der Waals surface area contributed by atoms with Gasteiger partial charge < -0.3 is 44.8 Å². The molecule has 0 heterocycles. The van der Waals surface area contributed by atoms with Crippen LogP contribution < -0.4 is 14.2 Å². The third-order valence-corrected chi connectivity index (χ3v) is 5.38. The van der Waals surface area contributed by atoms with E-state index in [9.17, 15) is 30.6 Å². The fourth-order valence-corrected chi connectivity index (χ4v) is 3.80. The van der Waals surface area contributed by atoms with Crippen LogP contribution in [0.3, 0.4) is 0 Å². The molecular weight excluding hydrogens is 480 g/mol. The molecule has 37 heavy (non-hydrogen) atoms. The van der Waals surface area contributed by atoms with E-state index in [0.717, 1.165) is 0 Å². The fraction of sp³-hybridized carbons (Fsp3) is 0.143. The van der Waals surface area contributed by atoms with E-state index >= 15 is 0 Å². The molecule has 9 nitrogen and oxygen atoms in total. The maximum atomic E-state index is 10.7. The molecule has 4 rings (SSSR count). The van der Waals surface area contributed by atoms with Gasteiger partial charge in [-0.3, -0.25) is 0 Å². The summed E-state index contributed by atoms with van der Waals surface area (Å²) in [6.45, 7) is 6.74. The Morgan fingerprint density at radius 3 is 0.892 bits per heavy atom. The van der Waals surface area contributed by atoms with Crippen molar-refractivity contribution in [3.8, 4) is 69.0 Å². The number of aryl methyl sites for hydroxylation is 4. The van der Waals surface area contributed by atoms with Crippen molar-refractivity contribution in [2.75, 3.05) is 0 Å². The average Bonchev–Trinajstić information content (AvgIpc) is 2.76. The highest BCUT2D eigenvalue weighted by Gasteiger charge is 2.23. The highest BCUT2D eigenvalue weighted by molar-refractivity contribution is 5.63. The SMILES string of the molecule is Cc1cc(O)c(Oc2cc(C)cc(O)c2Oc2c(O)cc(C)cc2Oc2c(O)cc(C)cc2O)c(O)c1. The topological polar surface area (TPSA) is 149 Å². The van der Waals surface area contributed by atoms with Gasteiger partial charge in [-0.25, -0.2) is 0 Å². The summed E-state index contributed by atoms with van der Waals surface area (Å²) in [5.74, 6) is -3.29. The van der Waals surface area contributed by atoms with Gasteiger partial charge in [0.15, 0.2) is 46.0 Å². The van der Waals surface area contributed by atoms with E-state index in [1.807, 2.05) is 0 Å². The van der Waals surface area contributed by atoms with Gasteiger partial charge in [0.05, 0.1) is 0 Å². The van der Waals surface area contributed by atoms with Crippen LogP contribution in [0.25, 0.3) is 0 Å². The van der Waals surface area contributed by atoms with Gasteiger partial charge in [0.2, 0.25) is 23.0 Å². The fourth-order valence-electron chi connectivity index (χ4n) is 3.80. The minimum Gasteiger partial charge on any atom is -0.504 e. The smallest absolute Gasteiger partial charge is 0.211 e. The second-order valence-electron chi connectivity index (χ2n) is 8.79. The molecule has 0 atom stereocenters. The number of aromatic hydroxyl groups is 6. The van der Waals surface area contributed by atoms with E-state index in [0.29, 0.717) is 22.3 Å². The Morgan fingerprint density at radius 2 is 0.595 bits per heavy atom. The van der Waals surface area contributed by atoms with Gasteiger partial charge in [-0.15, -0.1) is 0 Å². The molecule has 0 spiro atoms. The molecule has 0 fully saturated rings. The summed E-state index contributed by atoms with van der Waals surface area (Å²) in [5, 5.41) is 62.7. The zero-order chi connectivity index (χ0) is 27.0. The van der Waals surface area contributed by atoms with Crippen LogP contribution in [0, 0.1) is 27.7 Å². The Balaban J connectivity index is 1.81. The molecule has 0 amide bonds. The van der Waals surface area contributed by atoms with E-state index in [1.54, 1.807) is 27.7 Å². The summed E-state index contributed by atoms with van der Waals surface area (Å²) >= 11 is 0. The number of ether oxygens (including phenoxy) is 3. The number of hydrogen-bond donors (Lipinski definition) is 6. The lowest BCUT2D eigenvalue weighted by Crippen LogP contribution is -1.96. The normalized spacial score (nSPS) is 10.8. The van der Waals surface area contributed by atoms with Crippen molar-refractivity contribution in [1.82, 2.24) is 0 Å². The van der Waals surface area contributed by atoms with Crippen LogP contribution in [0.1, 0.15) is 22.3 Å². The summed E-state index contributed by atoms with van der Waals surface area (Å²) < 4.78 is 17.4. The molecule has 4 aromatic carbocycles. The van der Waals surface area contributed by atoms with Gasteiger partial charge >= 0.3 is 0 Å². The summed E-state index contributed by atoms with van der Waals surface area (Å²) in [6, 6.07) is 11.3. The van der Waals surface area contributed by atoms with Crippen molar-refractivity contribution < 1.29 is 44.8 Å². The van der Waals surface area contributed by atoms with E-state index in [1.165, 1.54) is 48.5 Å². The van der Waals surface area contributed by atoms with Crippen molar-refractivity contribution in [3.63, 3.8) is 0 Å². The minimum atomic E-state index is -0.368. The minimum absolute atomic E-state index is 0.0843. The second kappa shape index (κ2) is 9.62. The van der Waals surface area contributed by atoms with Gasteiger partial charge in [-0.1, -0.05) is 0 Å². The highest BCUT2D eigenvalue weighted by Crippen LogP contribution is 2.51. The Labute approximate surface area is 212 Å². The van der Waals surface area contributed by atoms with Crippen molar-refractivity contribution in [3.05, 3.63) is 70.8 Å². The van der Waals surface area contributed by atoms with Crippen LogP contribution >= 0.6 is 0 Å². The molecule has 0 bridgehead atoms. The van der Waals surface area contributed by atoms with E-state index in [4.69, 9.17) is 14.2 Å². The summed E-state index contributed by atoms with van der Waals surface area (Å²) in [4.78, 5) is 0. The molecule has 0 aliphatic carbocycles. The number of rotatable bonds is 6. The van der Waals surface area contributed by atoms with Crippen LogP contribution in [0.2, 0.25) is 0 Å². The molecule has 6 N–H and O–H groups in total. The molecule has 0 radical (unpaired) electrons. The predicted molar refractivity (Wildman–Crippen MR) is 135 cm³/mol. The van der Waals surface area contributed by atoms with Crippen molar-refractivity contribution in [2.24, 2.45) is 0 Å². The molecule has 192 valence electrons. The maximum absolute atomic E-state index is 10.7. The van der Waals surface area contributed by atoms with Crippen molar-refractivity contribution >= 4 is 0 Å². The summed E-state index contributed by atoms with van der Waals surface area (Å²) in [7, 11) is 0. The van der Waals surface area contributed by atoms with Crippen LogP contribution in [-0.2, 0) is 0 Å². The van der Waals surface area contributed by atoms with Gasteiger partial charge in [-0.05, 0) is 98.5 Å². The Bertz CT molecular complexity index is 1350. The average molecular weight is 507 g/mol. The summed E-state index contributed by atoms with van der Waals surface area (Å²) in [5.41, 5.74) is 2.34. The largest absolute Gasteiger partial charge is 0.504 e. The first-order valence-corrected chi connectivity index (χ1v) is 11.2. The van der Waals surface area contributed by atoms with E-state index in [-0.39, 0.29) is 69.0 Å². The van der Waals surface area contributed by atoms with Crippen LogP contribution in [-0.4, -0.2) is 30.6 Å². The first kappa shape index (κ1) is 25.2. The molecule has 0 aliphatic heterocycles. The standard InChI is InChI=1S/C28H26O9/c1-13-5-17(29)25(18(30)6-13)35-23-11-15(3)9-21(33)27(23)37-28-22(34)10-16(4)12-24(28)36-26-19(31)7-14(2)8-20(26)32/h5-12,29-34H,1-4H3. The molecular formula is C28H26O9. The second-order valence-corrected chi connectivity index (χ2v) is 8.79. The molecule has 0 aliphatic rings. The molecule has 0 unspecified atom stereocenters. The highest BCUT2D eigenvalue weighted by atomic mass is 16.6.